The maximum absolute atomic E-state index is 14.2. The van der Waals surface area contributed by atoms with Gasteiger partial charge in [0.2, 0.25) is 0 Å². The summed E-state index contributed by atoms with van der Waals surface area (Å²) in [5, 5.41) is 6.46. The minimum atomic E-state index is -0.322. The van der Waals surface area contributed by atoms with Gasteiger partial charge in [-0.25, -0.2) is 14.4 Å². The zero-order valence-corrected chi connectivity index (χ0v) is 13.9. The molecule has 1 atom stereocenters. The van der Waals surface area contributed by atoms with E-state index in [-0.39, 0.29) is 17.8 Å². The third-order valence-corrected chi connectivity index (χ3v) is 4.68. The summed E-state index contributed by atoms with van der Waals surface area (Å²) in [6.07, 6.45) is 3.33. The first kappa shape index (κ1) is 15.7. The van der Waals surface area contributed by atoms with E-state index in [1.165, 1.54) is 17.4 Å². The molecule has 7 heteroatoms. The van der Waals surface area contributed by atoms with Crippen LogP contribution < -0.4 is 10.1 Å². The number of fused-ring (bicyclic) bond motifs is 1. The van der Waals surface area contributed by atoms with E-state index in [2.05, 4.69) is 15.3 Å². The molecule has 0 saturated heterocycles. The quantitative estimate of drug-likeness (QED) is 0.781. The number of halogens is 1. The highest BCUT2D eigenvalue weighted by molar-refractivity contribution is 7.08. The number of hydrogen-bond donors (Lipinski definition) is 1. The molecule has 1 aliphatic heterocycles. The van der Waals surface area contributed by atoms with Gasteiger partial charge in [-0.05, 0) is 29.6 Å². The third-order valence-electron chi connectivity index (χ3n) is 4.00. The van der Waals surface area contributed by atoms with Crippen LogP contribution in [0.2, 0.25) is 0 Å². The van der Waals surface area contributed by atoms with E-state index >= 15 is 0 Å². The van der Waals surface area contributed by atoms with E-state index in [0.29, 0.717) is 41.2 Å². The monoisotopic (exact) mass is 355 g/mol. The summed E-state index contributed by atoms with van der Waals surface area (Å²) in [6, 6.07) is 6.50. The molecule has 1 aromatic carbocycles. The molecule has 4 rings (SSSR count). The second kappa shape index (κ2) is 6.60. The Morgan fingerprint density at radius 1 is 1.32 bits per heavy atom. The van der Waals surface area contributed by atoms with Crippen LogP contribution in [0.15, 0.2) is 47.4 Å². The van der Waals surface area contributed by atoms with Gasteiger partial charge in [0, 0.05) is 35.3 Å². The van der Waals surface area contributed by atoms with E-state index in [4.69, 9.17) is 4.74 Å². The zero-order valence-electron chi connectivity index (χ0n) is 13.1. The maximum atomic E-state index is 14.2. The average molecular weight is 355 g/mol. The molecule has 1 aliphatic rings. The van der Waals surface area contributed by atoms with Crippen molar-refractivity contribution in [3.8, 4) is 17.1 Å². The fourth-order valence-electron chi connectivity index (χ4n) is 2.79. The van der Waals surface area contributed by atoms with Gasteiger partial charge in [-0.1, -0.05) is 0 Å². The number of ether oxygens (including phenoxy) is 1. The van der Waals surface area contributed by atoms with Crippen molar-refractivity contribution >= 4 is 17.2 Å². The number of nitrogens with zero attached hydrogens (tertiary/aromatic N) is 2. The van der Waals surface area contributed by atoms with Crippen molar-refractivity contribution in [1.82, 2.24) is 15.3 Å². The number of aromatic nitrogens is 2. The van der Waals surface area contributed by atoms with Crippen molar-refractivity contribution < 1.29 is 13.9 Å². The topological polar surface area (TPSA) is 64.1 Å². The lowest BCUT2D eigenvalue weighted by atomic mass is 10.0. The van der Waals surface area contributed by atoms with Gasteiger partial charge >= 0.3 is 0 Å². The zero-order chi connectivity index (χ0) is 17.2. The van der Waals surface area contributed by atoms with Crippen LogP contribution in [0.3, 0.4) is 0 Å². The smallest absolute Gasteiger partial charge is 0.252 e. The Morgan fingerprint density at radius 3 is 2.92 bits per heavy atom. The molecule has 5 nitrogen and oxygen atoms in total. The molecule has 3 heterocycles. The Hall–Kier alpha value is -2.80. The van der Waals surface area contributed by atoms with Crippen molar-refractivity contribution in [2.75, 3.05) is 6.54 Å². The average Bonchev–Trinajstić information content (AvgIpc) is 3.31. The van der Waals surface area contributed by atoms with Crippen LogP contribution in [0.1, 0.15) is 15.9 Å². The number of rotatable bonds is 4. The van der Waals surface area contributed by atoms with E-state index < -0.39 is 0 Å². The van der Waals surface area contributed by atoms with Gasteiger partial charge in [-0.2, -0.15) is 11.3 Å². The summed E-state index contributed by atoms with van der Waals surface area (Å²) < 4.78 is 20.1. The Labute approximate surface area is 147 Å². The van der Waals surface area contributed by atoms with Crippen molar-refractivity contribution in [3.05, 3.63) is 64.4 Å². The fraction of sp³-hybridized carbons (Fsp3) is 0.167. The van der Waals surface area contributed by atoms with Crippen LogP contribution in [0.4, 0.5) is 4.39 Å². The third kappa shape index (κ3) is 3.10. The first-order valence-corrected chi connectivity index (χ1v) is 8.72. The molecule has 0 bridgehead atoms. The van der Waals surface area contributed by atoms with Crippen LogP contribution >= 0.6 is 11.3 Å². The molecule has 25 heavy (non-hydrogen) atoms. The molecular formula is C18H14FN3O2S. The molecule has 1 amide bonds. The molecule has 3 aromatic rings. The highest BCUT2D eigenvalue weighted by Crippen LogP contribution is 2.38. The van der Waals surface area contributed by atoms with Gasteiger partial charge in [0.15, 0.2) is 5.82 Å². The number of thiophene rings is 1. The summed E-state index contributed by atoms with van der Waals surface area (Å²) in [5.74, 6) is 0.469. The van der Waals surface area contributed by atoms with Crippen LogP contribution in [0.25, 0.3) is 11.4 Å². The second-order valence-corrected chi connectivity index (χ2v) is 6.42. The normalized spacial score (nSPS) is 15.5. The van der Waals surface area contributed by atoms with Crippen LogP contribution in [0, 0.1) is 5.82 Å². The largest absolute Gasteiger partial charge is 0.487 e. The summed E-state index contributed by atoms with van der Waals surface area (Å²) in [7, 11) is 0. The molecule has 0 saturated carbocycles. The molecule has 2 aromatic heterocycles. The first-order valence-electron chi connectivity index (χ1n) is 7.78. The summed E-state index contributed by atoms with van der Waals surface area (Å²) >= 11 is 1.46. The predicted octanol–water partition coefficient (Wildman–Crippen LogP) is 3.08. The Balaban J connectivity index is 1.52. The molecule has 126 valence electrons. The van der Waals surface area contributed by atoms with Crippen molar-refractivity contribution in [2.45, 2.75) is 12.5 Å². The van der Waals surface area contributed by atoms with Gasteiger partial charge in [-0.15, -0.1) is 0 Å². The number of carbonyl (C=O) groups is 1. The van der Waals surface area contributed by atoms with E-state index in [1.807, 2.05) is 5.38 Å². The standard InChI is InChI=1S/C18H14FN3O2S/c19-15-3-2-13(17-20-5-1-6-21-17)16-14(15)8-12(24-16)9-22-18(23)11-4-7-25-10-11/h1-7,10,12H,8-9H2,(H,22,23). The van der Waals surface area contributed by atoms with E-state index in [1.54, 1.807) is 36.0 Å². The molecule has 0 aliphatic carbocycles. The van der Waals surface area contributed by atoms with Crippen molar-refractivity contribution in [3.63, 3.8) is 0 Å². The molecule has 0 radical (unpaired) electrons. The first-order chi connectivity index (χ1) is 12.2. The molecule has 0 spiro atoms. The Kier molecular flexibility index (Phi) is 4.15. The Morgan fingerprint density at radius 2 is 2.16 bits per heavy atom. The van der Waals surface area contributed by atoms with Gasteiger partial charge in [0.1, 0.15) is 17.7 Å². The van der Waals surface area contributed by atoms with Gasteiger partial charge in [0.05, 0.1) is 12.1 Å². The summed E-state index contributed by atoms with van der Waals surface area (Å²) in [5.41, 5.74) is 1.77. The SMILES string of the molecule is O=C(NCC1Cc2c(F)ccc(-c3ncccn3)c2O1)c1ccsc1. The molecule has 1 N–H and O–H groups in total. The van der Waals surface area contributed by atoms with Gasteiger partial charge in [0.25, 0.3) is 5.91 Å². The van der Waals surface area contributed by atoms with Gasteiger partial charge in [-0.3, -0.25) is 4.79 Å². The molecule has 0 fully saturated rings. The Bertz CT molecular complexity index is 900. The fourth-order valence-corrected chi connectivity index (χ4v) is 3.43. The minimum Gasteiger partial charge on any atom is -0.487 e. The van der Waals surface area contributed by atoms with Gasteiger partial charge < -0.3 is 10.1 Å². The lowest BCUT2D eigenvalue weighted by Gasteiger charge is -2.12. The van der Waals surface area contributed by atoms with Crippen LogP contribution in [-0.2, 0) is 6.42 Å². The van der Waals surface area contributed by atoms with Crippen LogP contribution in [0.5, 0.6) is 5.75 Å². The second-order valence-electron chi connectivity index (χ2n) is 5.64. The lowest BCUT2D eigenvalue weighted by molar-refractivity contribution is 0.0934. The molecular weight excluding hydrogens is 341 g/mol. The number of amides is 1. The number of carbonyl (C=O) groups excluding carboxylic acids is 1. The summed E-state index contributed by atoms with van der Waals surface area (Å²) in [6.45, 7) is 0.303. The molecule has 1 unspecified atom stereocenters. The lowest BCUT2D eigenvalue weighted by Crippen LogP contribution is -2.34. The number of benzene rings is 1. The minimum absolute atomic E-state index is 0.159. The highest BCUT2D eigenvalue weighted by atomic mass is 32.1. The number of nitrogens with one attached hydrogen (secondary N) is 1. The van der Waals surface area contributed by atoms with Crippen molar-refractivity contribution in [1.29, 1.82) is 0 Å². The van der Waals surface area contributed by atoms with E-state index in [9.17, 15) is 9.18 Å². The maximum Gasteiger partial charge on any atom is 0.252 e. The van der Waals surface area contributed by atoms with E-state index in [0.717, 1.165) is 0 Å². The van der Waals surface area contributed by atoms with Crippen molar-refractivity contribution in [2.24, 2.45) is 0 Å². The predicted molar refractivity (Wildman–Crippen MR) is 92.2 cm³/mol. The number of hydrogen-bond acceptors (Lipinski definition) is 5. The highest BCUT2D eigenvalue weighted by Gasteiger charge is 2.29. The summed E-state index contributed by atoms with van der Waals surface area (Å²) in [4.78, 5) is 20.5. The van der Waals surface area contributed by atoms with Crippen LogP contribution in [-0.4, -0.2) is 28.5 Å².